The molecule has 4 aromatic rings. The zero-order valence-corrected chi connectivity index (χ0v) is 18.2. The lowest BCUT2D eigenvalue weighted by atomic mass is 10.0. The summed E-state index contributed by atoms with van der Waals surface area (Å²) in [6.45, 7) is 0.949. The van der Waals surface area contributed by atoms with E-state index in [1.54, 1.807) is 17.0 Å². The molecule has 0 spiro atoms. The fourth-order valence-corrected chi connectivity index (χ4v) is 4.25. The molecule has 0 aliphatic carbocycles. The van der Waals surface area contributed by atoms with Crippen LogP contribution in [0.5, 0.6) is 0 Å². The van der Waals surface area contributed by atoms with Gasteiger partial charge < -0.3 is 5.32 Å². The summed E-state index contributed by atoms with van der Waals surface area (Å²) < 4.78 is 3.23. The Morgan fingerprint density at radius 1 is 0.970 bits per heavy atom. The zero-order chi connectivity index (χ0) is 22.6. The van der Waals surface area contributed by atoms with Gasteiger partial charge in [-0.15, -0.1) is 0 Å². The minimum absolute atomic E-state index is 0.000766. The van der Waals surface area contributed by atoms with Crippen LogP contribution in [0.2, 0.25) is 0 Å². The Morgan fingerprint density at radius 2 is 1.76 bits per heavy atom. The molecule has 1 N–H and O–H groups in total. The molecule has 2 aromatic heterocycles. The van der Waals surface area contributed by atoms with Gasteiger partial charge in [0, 0.05) is 37.0 Å². The van der Waals surface area contributed by atoms with Crippen molar-refractivity contribution in [2.45, 2.75) is 38.4 Å². The van der Waals surface area contributed by atoms with Crippen LogP contribution in [-0.2, 0) is 19.5 Å². The number of rotatable bonds is 5. The first-order chi connectivity index (χ1) is 16.2. The quantitative estimate of drug-likeness (QED) is 0.517. The van der Waals surface area contributed by atoms with Crippen molar-refractivity contribution >= 4 is 5.91 Å². The Kier molecular flexibility index (Phi) is 5.85. The molecule has 1 aliphatic heterocycles. The summed E-state index contributed by atoms with van der Waals surface area (Å²) in [6.07, 6.45) is 5.54. The van der Waals surface area contributed by atoms with Crippen LogP contribution < -0.4 is 11.0 Å². The lowest BCUT2D eigenvalue weighted by Crippen LogP contribution is -2.35. The van der Waals surface area contributed by atoms with E-state index in [1.165, 1.54) is 4.68 Å². The van der Waals surface area contributed by atoms with Gasteiger partial charge in [-0.3, -0.25) is 14.3 Å². The molecule has 7 nitrogen and oxygen atoms in total. The number of amides is 1. The molecule has 0 radical (unpaired) electrons. The van der Waals surface area contributed by atoms with Crippen LogP contribution in [0.25, 0.3) is 11.1 Å². The number of hydrogen-bond donors (Lipinski definition) is 1. The predicted octanol–water partition coefficient (Wildman–Crippen LogP) is 3.29. The normalized spacial score (nSPS) is 15.5. The molecular formula is C26H25N5O2. The van der Waals surface area contributed by atoms with Gasteiger partial charge in [-0.05, 0) is 47.7 Å². The topological polar surface area (TPSA) is 81.8 Å². The number of carbonyl (C=O) groups is 1. The van der Waals surface area contributed by atoms with Crippen LogP contribution >= 0.6 is 0 Å². The van der Waals surface area contributed by atoms with Gasteiger partial charge in [-0.1, -0.05) is 48.5 Å². The van der Waals surface area contributed by atoms with E-state index in [1.807, 2.05) is 54.6 Å². The first kappa shape index (κ1) is 20.9. The second-order valence-corrected chi connectivity index (χ2v) is 8.31. The molecule has 5 rings (SSSR count). The summed E-state index contributed by atoms with van der Waals surface area (Å²) in [5.74, 6) is 0.681. The highest BCUT2D eigenvalue weighted by molar-refractivity contribution is 5.94. The minimum Gasteiger partial charge on any atom is -0.349 e. The monoisotopic (exact) mass is 439 g/mol. The van der Waals surface area contributed by atoms with Crippen molar-refractivity contribution in [3.63, 3.8) is 0 Å². The molecular weight excluding hydrogens is 414 g/mol. The highest BCUT2D eigenvalue weighted by Gasteiger charge is 2.22. The third-order valence-corrected chi connectivity index (χ3v) is 6.06. The molecule has 1 unspecified atom stereocenters. The third kappa shape index (κ3) is 4.62. The van der Waals surface area contributed by atoms with E-state index in [0.717, 1.165) is 28.9 Å². The molecule has 2 aromatic carbocycles. The summed E-state index contributed by atoms with van der Waals surface area (Å²) in [4.78, 5) is 29.7. The van der Waals surface area contributed by atoms with Crippen molar-refractivity contribution in [2.24, 2.45) is 0 Å². The first-order valence-electron chi connectivity index (χ1n) is 11.2. The second kappa shape index (κ2) is 9.24. The summed E-state index contributed by atoms with van der Waals surface area (Å²) in [5.41, 5.74) is 3.66. The third-order valence-electron chi connectivity index (χ3n) is 6.06. The molecule has 1 aliphatic rings. The number of nitrogens with one attached hydrogen (secondary N) is 1. The molecule has 33 heavy (non-hydrogen) atoms. The SMILES string of the molecule is O=C(NC1CCc2nn(Cc3cccnc3)c(=O)n2CC1)c1ccc(-c2ccccc2)cc1. The fraction of sp³-hybridized carbons (Fsp3) is 0.231. The Morgan fingerprint density at radius 3 is 2.52 bits per heavy atom. The maximum Gasteiger partial charge on any atom is 0.346 e. The van der Waals surface area contributed by atoms with Crippen LogP contribution in [0.3, 0.4) is 0 Å². The number of pyridine rings is 1. The summed E-state index contributed by atoms with van der Waals surface area (Å²) >= 11 is 0. The van der Waals surface area contributed by atoms with Gasteiger partial charge in [0.2, 0.25) is 0 Å². The van der Waals surface area contributed by atoms with E-state index in [-0.39, 0.29) is 17.6 Å². The van der Waals surface area contributed by atoms with Gasteiger partial charge in [0.15, 0.2) is 0 Å². The molecule has 0 bridgehead atoms. The predicted molar refractivity (Wildman–Crippen MR) is 126 cm³/mol. The van der Waals surface area contributed by atoms with Crippen molar-refractivity contribution < 1.29 is 4.79 Å². The first-order valence-corrected chi connectivity index (χ1v) is 11.2. The van der Waals surface area contributed by atoms with E-state index in [2.05, 4.69) is 27.5 Å². The van der Waals surface area contributed by atoms with Crippen molar-refractivity contribution in [3.8, 4) is 11.1 Å². The summed E-state index contributed by atoms with van der Waals surface area (Å²) in [7, 11) is 0. The van der Waals surface area contributed by atoms with Crippen molar-refractivity contribution in [3.05, 3.63) is 107 Å². The van der Waals surface area contributed by atoms with Gasteiger partial charge in [0.1, 0.15) is 5.82 Å². The highest BCUT2D eigenvalue weighted by Crippen LogP contribution is 2.20. The smallest absolute Gasteiger partial charge is 0.346 e. The van der Waals surface area contributed by atoms with Crippen LogP contribution in [0.4, 0.5) is 0 Å². The average molecular weight is 440 g/mol. The summed E-state index contributed by atoms with van der Waals surface area (Å²) in [5, 5.41) is 7.68. The number of aryl methyl sites for hydroxylation is 1. The Hall–Kier alpha value is -4.00. The van der Waals surface area contributed by atoms with Gasteiger partial charge in [-0.2, -0.15) is 5.10 Å². The maximum atomic E-state index is 12.8. The van der Waals surface area contributed by atoms with Gasteiger partial charge >= 0.3 is 5.69 Å². The van der Waals surface area contributed by atoms with Gasteiger partial charge in [0.05, 0.1) is 6.54 Å². The van der Waals surface area contributed by atoms with E-state index in [0.29, 0.717) is 31.5 Å². The number of fused-ring (bicyclic) bond motifs is 1. The minimum atomic E-state index is -0.114. The summed E-state index contributed by atoms with van der Waals surface area (Å²) in [6, 6.07) is 21.5. The zero-order valence-electron chi connectivity index (χ0n) is 18.2. The lowest BCUT2D eigenvalue weighted by Gasteiger charge is -2.16. The number of carbonyl (C=O) groups excluding carboxylic acids is 1. The van der Waals surface area contributed by atoms with Crippen LogP contribution in [-0.4, -0.2) is 31.3 Å². The molecule has 0 fully saturated rings. The molecule has 1 atom stereocenters. The fourth-order valence-electron chi connectivity index (χ4n) is 4.25. The van der Waals surface area contributed by atoms with Crippen molar-refractivity contribution in [1.82, 2.24) is 24.6 Å². The number of benzene rings is 2. The molecule has 1 amide bonds. The van der Waals surface area contributed by atoms with Crippen LogP contribution in [0.1, 0.15) is 34.6 Å². The molecule has 3 heterocycles. The lowest BCUT2D eigenvalue weighted by molar-refractivity contribution is 0.0933. The number of nitrogens with zero attached hydrogens (tertiary/aromatic N) is 4. The highest BCUT2D eigenvalue weighted by atomic mass is 16.2. The van der Waals surface area contributed by atoms with Crippen LogP contribution in [0.15, 0.2) is 83.9 Å². The van der Waals surface area contributed by atoms with E-state index >= 15 is 0 Å². The molecule has 0 saturated heterocycles. The second-order valence-electron chi connectivity index (χ2n) is 8.31. The van der Waals surface area contributed by atoms with Crippen molar-refractivity contribution in [1.29, 1.82) is 0 Å². The maximum absolute atomic E-state index is 12.8. The largest absolute Gasteiger partial charge is 0.349 e. The van der Waals surface area contributed by atoms with Crippen molar-refractivity contribution in [2.75, 3.05) is 0 Å². The van der Waals surface area contributed by atoms with E-state index in [4.69, 9.17) is 0 Å². The number of aromatic nitrogens is 4. The van der Waals surface area contributed by atoms with Gasteiger partial charge in [0.25, 0.3) is 5.91 Å². The van der Waals surface area contributed by atoms with E-state index < -0.39 is 0 Å². The van der Waals surface area contributed by atoms with Crippen LogP contribution in [0, 0.1) is 0 Å². The van der Waals surface area contributed by atoms with Gasteiger partial charge in [-0.25, -0.2) is 9.48 Å². The molecule has 7 heteroatoms. The standard InChI is InChI=1S/C26H25N5O2/c32-25(22-10-8-21(9-11-22)20-6-2-1-3-7-20)28-23-12-13-24-29-31(26(33)30(24)16-14-23)18-19-5-4-15-27-17-19/h1-11,15,17,23H,12-14,16,18H2,(H,28,32). The Balaban J connectivity index is 1.22. The molecule has 166 valence electrons. The average Bonchev–Trinajstić information content (AvgIpc) is 3.02. The number of hydrogen-bond acceptors (Lipinski definition) is 4. The Labute approximate surface area is 191 Å². The molecule has 0 saturated carbocycles. The Bertz CT molecular complexity index is 1290. The van der Waals surface area contributed by atoms with E-state index in [9.17, 15) is 9.59 Å².